The Kier molecular flexibility index (Phi) is 2.27. The van der Waals surface area contributed by atoms with Crippen LogP contribution >= 0.6 is 0 Å². The molecule has 1 aliphatic rings. The van der Waals surface area contributed by atoms with E-state index in [1.807, 2.05) is 0 Å². The molecular formula is C7H13NO2. The summed E-state index contributed by atoms with van der Waals surface area (Å²) in [5.74, 6) is 0.0894. The summed E-state index contributed by atoms with van der Waals surface area (Å²) in [7, 11) is 0. The fourth-order valence-electron chi connectivity index (χ4n) is 1.52. The van der Waals surface area contributed by atoms with Gasteiger partial charge in [-0.15, -0.1) is 0 Å². The van der Waals surface area contributed by atoms with Crippen molar-refractivity contribution in [1.29, 1.82) is 0 Å². The average molecular weight is 143 g/mol. The van der Waals surface area contributed by atoms with E-state index < -0.39 is 0 Å². The Balaban J connectivity index is 2.24. The minimum atomic E-state index is -0.251. The van der Waals surface area contributed by atoms with Crippen molar-refractivity contribution in [2.75, 3.05) is 0 Å². The highest BCUT2D eigenvalue weighted by atomic mass is 16.3. The van der Waals surface area contributed by atoms with E-state index in [2.05, 4.69) is 0 Å². The molecule has 0 spiro atoms. The van der Waals surface area contributed by atoms with Crippen LogP contribution in [0.2, 0.25) is 0 Å². The summed E-state index contributed by atoms with van der Waals surface area (Å²) in [5.41, 5.74) is 5.00. The molecule has 1 fully saturated rings. The summed E-state index contributed by atoms with van der Waals surface area (Å²) in [4.78, 5) is 10.4. The molecule has 1 amide bonds. The van der Waals surface area contributed by atoms with Crippen molar-refractivity contribution < 1.29 is 9.90 Å². The largest absolute Gasteiger partial charge is 0.393 e. The molecule has 10 heavy (non-hydrogen) atoms. The smallest absolute Gasteiger partial charge is 0.217 e. The van der Waals surface area contributed by atoms with Gasteiger partial charge in [0, 0.05) is 6.42 Å². The highest BCUT2D eigenvalue weighted by molar-refractivity contribution is 5.74. The van der Waals surface area contributed by atoms with Crippen molar-refractivity contribution >= 4 is 5.91 Å². The average Bonchev–Trinajstić information content (AvgIpc) is 2.13. The maximum absolute atomic E-state index is 10.4. The topological polar surface area (TPSA) is 63.3 Å². The second-order valence-electron chi connectivity index (χ2n) is 3.00. The summed E-state index contributed by atoms with van der Waals surface area (Å²) in [6, 6.07) is 0. The lowest BCUT2D eigenvalue weighted by atomic mass is 10.0. The highest BCUT2D eigenvalue weighted by Crippen LogP contribution is 2.27. The molecule has 1 rings (SSSR count). The van der Waals surface area contributed by atoms with Gasteiger partial charge in [0.05, 0.1) is 6.10 Å². The third kappa shape index (κ3) is 1.99. The first-order valence-electron chi connectivity index (χ1n) is 3.65. The van der Waals surface area contributed by atoms with Crippen LogP contribution in [0.3, 0.4) is 0 Å². The van der Waals surface area contributed by atoms with Gasteiger partial charge in [-0.05, 0) is 25.2 Å². The zero-order chi connectivity index (χ0) is 7.56. The number of rotatable bonds is 2. The Morgan fingerprint density at radius 3 is 2.70 bits per heavy atom. The van der Waals surface area contributed by atoms with E-state index in [0.717, 1.165) is 19.3 Å². The quantitative estimate of drug-likeness (QED) is 0.572. The van der Waals surface area contributed by atoms with Crippen molar-refractivity contribution in [3.05, 3.63) is 0 Å². The Labute approximate surface area is 60.2 Å². The van der Waals surface area contributed by atoms with E-state index in [1.165, 1.54) is 0 Å². The molecule has 0 aromatic rings. The van der Waals surface area contributed by atoms with Gasteiger partial charge in [-0.3, -0.25) is 4.79 Å². The lowest BCUT2D eigenvalue weighted by molar-refractivity contribution is -0.118. The van der Waals surface area contributed by atoms with Crippen LogP contribution in [-0.4, -0.2) is 17.1 Å². The predicted molar refractivity (Wildman–Crippen MR) is 37.2 cm³/mol. The van der Waals surface area contributed by atoms with E-state index >= 15 is 0 Å². The molecule has 0 aromatic carbocycles. The van der Waals surface area contributed by atoms with Crippen LogP contribution in [0.15, 0.2) is 0 Å². The number of amides is 1. The molecule has 1 saturated carbocycles. The minimum absolute atomic E-state index is 0.190. The van der Waals surface area contributed by atoms with E-state index in [4.69, 9.17) is 10.8 Å². The van der Waals surface area contributed by atoms with Crippen LogP contribution in [0.1, 0.15) is 25.7 Å². The van der Waals surface area contributed by atoms with Crippen LogP contribution in [-0.2, 0) is 4.79 Å². The molecule has 0 heterocycles. The molecule has 58 valence electrons. The zero-order valence-electron chi connectivity index (χ0n) is 5.92. The lowest BCUT2D eigenvalue weighted by Crippen LogP contribution is -2.15. The van der Waals surface area contributed by atoms with Crippen molar-refractivity contribution in [2.24, 2.45) is 11.7 Å². The summed E-state index contributed by atoms with van der Waals surface area (Å²) < 4.78 is 0. The van der Waals surface area contributed by atoms with Gasteiger partial charge >= 0.3 is 0 Å². The number of aliphatic hydroxyl groups excluding tert-OH is 1. The van der Waals surface area contributed by atoms with E-state index in [1.54, 1.807) is 0 Å². The Bertz CT molecular complexity index is 136. The van der Waals surface area contributed by atoms with Gasteiger partial charge < -0.3 is 10.8 Å². The van der Waals surface area contributed by atoms with Crippen LogP contribution in [0.5, 0.6) is 0 Å². The lowest BCUT2D eigenvalue weighted by Gasteiger charge is -2.03. The number of carbonyl (C=O) groups is 1. The maximum atomic E-state index is 10.4. The SMILES string of the molecule is NC(=O)CC1CCC(O)C1. The third-order valence-corrected chi connectivity index (χ3v) is 2.00. The number of hydrogen-bond acceptors (Lipinski definition) is 2. The van der Waals surface area contributed by atoms with Gasteiger partial charge in [0.2, 0.25) is 5.91 Å². The molecule has 2 atom stereocenters. The number of nitrogens with two attached hydrogens (primary N) is 1. The molecule has 2 unspecified atom stereocenters. The van der Waals surface area contributed by atoms with Crippen LogP contribution in [0.25, 0.3) is 0 Å². The van der Waals surface area contributed by atoms with Gasteiger partial charge in [0.15, 0.2) is 0 Å². The second-order valence-corrected chi connectivity index (χ2v) is 3.00. The van der Waals surface area contributed by atoms with Gasteiger partial charge in [-0.1, -0.05) is 0 Å². The van der Waals surface area contributed by atoms with Gasteiger partial charge in [0.1, 0.15) is 0 Å². The highest BCUT2D eigenvalue weighted by Gasteiger charge is 2.23. The summed E-state index contributed by atoms with van der Waals surface area (Å²) in [6.45, 7) is 0. The molecule has 1 aliphatic carbocycles. The monoisotopic (exact) mass is 143 g/mol. The first-order valence-corrected chi connectivity index (χ1v) is 3.65. The molecule has 0 aromatic heterocycles. The molecule has 3 nitrogen and oxygen atoms in total. The normalized spacial score (nSPS) is 32.5. The van der Waals surface area contributed by atoms with E-state index in [-0.39, 0.29) is 12.0 Å². The predicted octanol–water partition coefficient (Wildman–Crippen LogP) is 0.0228. The summed E-state index contributed by atoms with van der Waals surface area (Å²) >= 11 is 0. The molecule has 3 N–H and O–H groups in total. The Hall–Kier alpha value is -0.570. The van der Waals surface area contributed by atoms with E-state index in [9.17, 15) is 4.79 Å². The van der Waals surface area contributed by atoms with Crippen molar-refractivity contribution in [1.82, 2.24) is 0 Å². The number of primary amides is 1. The number of carbonyl (C=O) groups excluding carboxylic acids is 1. The van der Waals surface area contributed by atoms with Gasteiger partial charge in [0.25, 0.3) is 0 Å². The molecule has 0 bridgehead atoms. The maximum Gasteiger partial charge on any atom is 0.217 e. The fourth-order valence-corrected chi connectivity index (χ4v) is 1.52. The number of aliphatic hydroxyl groups is 1. The molecule has 0 saturated heterocycles. The molecule has 0 aliphatic heterocycles. The summed E-state index contributed by atoms with van der Waals surface area (Å²) in [5, 5.41) is 9.06. The molecule has 3 heteroatoms. The second kappa shape index (κ2) is 3.01. The van der Waals surface area contributed by atoms with Crippen molar-refractivity contribution in [2.45, 2.75) is 31.8 Å². The Morgan fingerprint density at radius 2 is 2.30 bits per heavy atom. The van der Waals surface area contributed by atoms with Crippen molar-refractivity contribution in [3.63, 3.8) is 0 Å². The third-order valence-electron chi connectivity index (χ3n) is 2.00. The first-order chi connectivity index (χ1) is 4.68. The minimum Gasteiger partial charge on any atom is -0.393 e. The molecular weight excluding hydrogens is 130 g/mol. The first kappa shape index (κ1) is 7.54. The van der Waals surface area contributed by atoms with Gasteiger partial charge in [-0.2, -0.15) is 0 Å². The zero-order valence-corrected chi connectivity index (χ0v) is 5.92. The standard InChI is InChI=1S/C7H13NO2/c8-7(10)4-5-1-2-6(9)3-5/h5-6,9H,1-4H2,(H2,8,10). The Morgan fingerprint density at radius 1 is 1.60 bits per heavy atom. The fraction of sp³-hybridized carbons (Fsp3) is 0.857. The molecule has 0 radical (unpaired) electrons. The summed E-state index contributed by atoms with van der Waals surface area (Å²) in [6.07, 6.45) is 2.78. The van der Waals surface area contributed by atoms with Crippen LogP contribution in [0, 0.1) is 5.92 Å². The van der Waals surface area contributed by atoms with E-state index in [0.29, 0.717) is 12.3 Å². The van der Waals surface area contributed by atoms with Gasteiger partial charge in [-0.25, -0.2) is 0 Å². The van der Waals surface area contributed by atoms with Crippen molar-refractivity contribution in [3.8, 4) is 0 Å². The van der Waals surface area contributed by atoms with Crippen LogP contribution < -0.4 is 5.73 Å². The number of hydrogen-bond donors (Lipinski definition) is 2. The van der Waals surface area contributed by atoms with Crippen LogP contribution in [0.4, 0.5) is 0 Å².